The molecule has 4 nitrogen and oxygen atoms in total. The van der Waals surface area contributed by atoms with Crippen molar-refractivity contribution in [2.45, 2.75) is 46.1 Å². The maximum Gasteiger partial charge on any atom is 0.329 e. The quantitative estimate of drug-likeness (QED) is 0.658. The normalized spacial score (nSPS) is 14.7. The van der Waals surface area contributed by atoms with Gasteiger partial charge in [-0.15, -0.1) is 0 Å². The molecule has 1 unspecified atom stereocenters. The fraction of sp³-hybridized carbons (Fsp3) is 0.818. The van der Waals surface area contributed by atoms with Crippen LogP contribution in [0, 0.1) is 5.92 Å². The monoisotopic (exact) mass is 215 g/mol. The average molecular weight is 215 g/mol. The fourth-order valence-corrected chi connectivity index (χ4v) is 1.48. The molecular weight excluding hydrogens is 194 g/mol. The number of hydrogen-bond acceptors (Lipinski definition) is 2. The van der Waals surface area contributed by atoms with E-state index in [2.05, 4.69) is 0 Å². The molecule has 1 atom stereocenters. The number of likely N-dealkylation sites (N-methyl/N-ethyl adjacent to an activating group) is 1. The van der Waals surface area contributed by atoms with Crippen LogP contribution in [-0.2, 0) is 9.59 Å². The summed E-state index contributed by atoms with van der Waals surface area (Å²) in [5.41, 5.74) is -1.07. The van der Waals surface area contributed by atoms with Crippen LogP contribution >= 0.6 is 0 Å². The summed E-state index contributed by atoms with van der Waals surface area (Å²) in [7, 11) is 0. The number of rotatable bonds is 7. The van der Waals surface area contributed by atoms with Crippen LogP contribution in [0.4, 0.5) is 0 Å². The van der Waals surface area contributed by atoms with Gasteiger partial charge in [0.2, 0.25) is 6.41 Å². The largest absolute Gasteiger partial charge is 0.480 e. The lowest BCUT2D eigenvalue weighted by Gasteiger charge is -2.34. The first kappa shape index (κ1) is 13.9. The van der Waals surface area contributed by atoms with Gasteiger partial charge in [0.25, 0.3) is 0 Å². The smallest absolute Gasteiger partial charge is 0.329 e. The van der Waals surface area contributed by atoms with Crippen molar-refractivity contribution in [1.82, 2.24) is 4.90 Å². The van der Waals surface area contributed by atoms with Crippen LogP contribution in [0.1, 0.15) is 40.5 Å². The summed E-state index contributed by atoms with van der Waals surface area (Å²) in [6.07, 6.45) is 1.91. The Hall–Kier alpha value is -1.06. The maximum atomic E-state index is 11.2. The van der Waals surface area contributed by atoms with E-state index >= 15 is 0 Å². The summed E-state index contributed by atoms with van der Waals surface area (Å²) in [5.74, 6) is -0.494. The second-order valence-corrected chi connectivity index (χ2v) is 4.40. The molecule has 1 N–H and O–H groups in total. The molecule has 4 heteroatoms. The lowest BCUT2D eigenvalue weighted by molar-refractivity contribution is -0.154. The highest BCUT2D eigenvalue weighted by molar-refractivity contribution is 5.80. The number of carboxylic acids is 1. The molecule has 0 aromatic rings. The molecule has 0 spiro atoms. The average Bonchev–Trinajstić information content (AvgIpc) is 2.16. The second kappa shape index (κ2) is 5.73. The zero-order chi connectivity index (χ0) is 12.1. The van der Waals surface area contributed by atoms with Gasteiger partial charge in [-0.05, 0) is 32.6 Å². The summed E-state index contributed by atoms with van der Waals surface area (Å²) in [4.78, 5) is 23.3. The van der Waals surface area contributed by atoms with Gasteiger partial charge in [0.05, 0.1) is 0 Å². The van der Waals surface area contributed by atoms with Crippen LogP contribution in [0.25, 0.3) is 0 Å². The summed E-state index contributed by atoms with van der Waals surface area (Å²) < 4.78 is 0. The number of nitrogens with zero attached hydrogens (tertiary/aromatic N) is 1. The third kappa shape index (κ3) is 3.53. The summed E-state index contributed by atoms with van der Waals surface area (Å²) in [5, 5.41) is 9.18. The zero-order valence-electron chi connectivity index (χ0n) is 9.99. The van der Waals surface area contributed by atoms with E-state index in [0.717, 1.165) is 6.42 Å². The molecule has 1 amide bonds. The fourth-order valence-electron chi connectivity index (χ4n) is 1.48. The molecule has 0 radical (unpaired) electrons. The predicted molar refractivity (Wildman–Crippen MR) is 58.6 cm³/mol. The standard InChI is InChI=1S/C11H21NO3/c1-5-12(8-13)11(4,10(14)15)7-6-9(2)3/h8-9H,5-7H2,1-4H3,(H,14,15). The van der Waals surface area contributed by atoms with E-state index in [1.807, 2.05) is 13.8 Å². The van der Waals surface area contributed by atoms with E-state index in [1.54, 1.807) is 13.8 Å². The highest BCUT2D eigenvalue weighted by Gasteiger charge is 2.37. The number of amides is 1. The van der Waals surface area contributed by atoms with Crippen molar-refractivity contribution in [2.75, 3.05) is 6.54 Å². The van der Waals surface area contributed by atoms with Gasteiger partial charge in [-0.25, -0.2) is 4.79 Å². The number of hydrogen-bond donors (Lipinski definition) is 1. The lowest BCUT2D eigenvalue weighted by Crippen LogP contribution is -2.51. The minimum Gasteiger partial charge on any atom is -0.480 e. The maximum absolute atomic E-state index is 11.2. The van der Waals surface area contributed by atoms with Gasteiger partial charge in [-0.1, -0.05) is 13.8 Å². The number of carbonyl (C=O) groups is 2. The first-order valence-corrected chi connectivity index (χ1v) is 5.34. The minimum atomic E-state index is -1.07. The van der Waals surface area contributed by atoms with Gasteiger partial charge in [-0.3, -0.25) is 4.79 Å². The van der Waals surface area contributed by atoms with Gasteiger partial charge in [0, 0.05) is 6.54 Å². The molecule has 0 aliphatic rings. The topological polar surface area (TPSA) is 57.6 Å². The SMILES string of the molecule is CCN(C=O)C(C)(CCC(C)C)C(=O)O. The molecule has 0 aliphatic carbocycles. The molecule has 0 saturated heterocycles. The zero-order valence-corrected chi connectivity index (χ0v) is 9.99. The highest BCUT2D eigenvalue weighted by atomic mass is 16.4. The van der Waals surface area contributed by atoms with Crippen molar-refractivity contribution in [1.29, 1.82) is 0 Å². The van der Waals surface area contributed by atoms with Crippen LogP contribution in [0.15, 0.2) is 0 Å². The molecule has 0 rings (SSSR count). The van der Waals surface area contributed by atoms with Gasteiger partial charge in [0.15, 0.2) is 0 Å². The van der Waals surface area contributed by atoms with E-state index in [-0.39, 0.29) is 0 Å². The van der Waals surface area contributed by atoms with Crippen LogP contribution in [0.3, 0.4) is 0 Å². The first-order chi connectivity index (χ1) is 6.88. The summed E-state index contributed by atoms with van der Waals surface area (Å²) in [6, 6.07) is 0. The van der Waals surface area contributed by atoms with Crippen molar-refractivity contribution >= 4 is 12.4 Å². The van der Waals surface area contributed by atoms with Gasteiger partial charge >= 0.3 is 5.97 Å². The van der Waals surface area contributed by atoms with Crippen molar-refractivity contribution in [3.05, 3.63) is 0 Å². The third-order valence-corrected chi connectivity index (χ3v) is 2.77. The van der Waals surface area contributed by atoms with Gasteiger partial charge in [0.1, 0.15) is 5.54 Å². The van der Waals surface area contributed by atoms with E-state index in [0.29, 0.717) is 25.3 Å². The molecule has 0 aromatic heterocycles. The van der Waals surface area contributed by atoms with Gasteiger partial charge in [-0.2, -0.15) is 0 Å². The van der Waals surface area contributed by atoms with Crippen molar-refractivity contribution < 1.29 is 14.7 Å². The van der Waals surface area contributed by atoms with Gasteiger partial charge < -0.3 is 10.0 Å². The van der Waals surface area contributed by atoms with Crippen LogP contribution in [-0.4, -0.2) is 34.5 Å². The molecule has 0 aliphatic heterocycles. The van der Waals surface area contributed by atoms with E-state index in [1.165, 1.54) is 4.90 Å². The van der Waals surface area contributed by atoms with Crippen LogP contribution in [0.2, 0.25) is 0 Å². The van der Waals surface area contributed by atoms with Crippen LogP contribution < -0.4 is 0 Å². The Balaban J connectivity index is 4.72. The van der Waals surface area contributed by atoms with E-state index in [4.69, 9.17) is 0 Å². The van der Waals surface area contributed by atoms with Crippen LogP contribution in [0.5, 0.6) is 0 Å². The Labute approximate surface area is 91.3 Å². The Morgan fingerprint density at radius 2 is 2.07 bits per heavy atom. The highest BCUT2D eigenvalue weighted by Crippen LogP contribution is 2.22. The molecule has 15 heavy (non-hydrogen) atoms. The Morgan fingerprint density at radius 1 is 1.53 bits per heavy atom. The molecule has 0 bridgehead atoms. The van der Waals surface area contributed by atoms with E-state index in [9.17, 15) is 14.7 Å². The third-order valence-electron chi connectivity index (χ3n) is 2.77. The first-order valence-electron chi connectivity index (χ1n) is 5.34. The number of aliphatic carboxylic acids is 1. The van der Waals surface area contributed by atoms with E-state index < -0.39 is 11.5 Å². The van der Waals surface area contributed by atoms with Crippen molar-refractivity contribution in [3.8, 4) is 0 Å². The summed E-state index contributed by atoms with van der Waals surface area (Å²) in [6.45, 7) is 7.89. The molecule has 88 valence electrons. The molecule has 0 saturated carbocycles. The summed E-state index contributed by atoms with van der Waals surface area (Å²) >= 11 is 0. The molecular formula is C11H21NO3. The molecule has 0 fully saturated rings. The Bertz CT molecular complexity index is 228. The number of carbonyl (C=O) groups excluding carboxylic acids is 1. The minimum absolute atomic E-state index is 0.421. The molecule has 0 heterocycles. The van der Waals surface area contributed by atoms with Crippen molar-refractivity contribution in [3.63, 3.8) is 0 Å². The van der Waals surface area contributed by atoms with Crippen molar-refractivity contribution in [2.24, 2.45) is 5.92 Å². The second-order valence-electron chi connectivity index (χ2n) is 4.40. The lowest BCUT2D eigenvalue weighted by atomic mass is 9.90. The number of carboxylic acid groups (broad SMARTS) is 1. The molecule has 0 aromatic carbocycles. The Kier molecular flexibility index (Phi) is 5.33. The predicted octanol–water partition coefficient (Wildman–Crippen LogP) is 1.74. The Morgan fingerprint density at radius 3 is 2.33 bits per heavy atom.